The van der Waals surface area contributed by atoms with Gasteiger partial charge in [0.2, 0.25) is 11.8 Å². The fourth-order valence-electron chi connectivity index (χ4n) is 4.77. The van der Waals surface area contributed by atoms with Gasteiger partial charge >= 0.3 is 0 Å². The van der Waals surface area contributed by atoms with Crippen molar-refractivity contribution >= 4 is 27.7 Å². The van der Waals surface area contributed by atoms with Gasteiger partial charge in [0.05, 0.1) is 5.56 Å². The van der Waals surface area contributed by atoms with Crippen LogP contribution in [0.1, 0.15) is 54.6 Å². The van der Waals surface area contributed by atoms with Crippen LogP contribution in [0.4, 0.5) is 4.39 Å². The lowest BCUT2D eigenvalue weighted by Gasteiger charge is -2.32. The van der Waals surface area contributed by atoms with Gasteiger partial charge in [0.1, 0.15) is 16.8 Å². The predicted molar refractivity (Wildman–Crippen MR) is 153 cm³/mol. The standard InChI is InChI=1S/C31H34FN3O5S/c1-3-22(2)33-30(37)27(20-23-12-5-4-6-13-23)34(21-24-14-7-9-16-26(24)32)29(36)18-11-19-35-31(38)25-15-8-10-17-28(25)41(35,39)40/h4-10,12-17,22,27H,3,11,18-21H2,1-2H3,(H,33,37)/t22-,27+/m0/s1. The summed E-state index contributed by atoms with van der Waals surface area (Å²) in [6, 6.07) is 20.2. The lowest BCUT2D eigenvalue weighted by atomic mass is 10.0. The largest absolute Gasteiger partial charge is 0.352 e. The zero-order valence-electron chi connectivity index (χ0n) is 23.1. The van der Waals surface area contributed by atoms with E-state index in [1.54, 1.807) is 30.3 Å². The van der Waals surface area contributed by atoms with E-state index in [1.807, 2.05) is 44.2 Å². The van der Waals surface area contributed by atoms with Gasteiger partial charge in [-0.15, -0.1) is 0 Å². The molecule has 1 aliphatic rings. The van der Waals surface area contributed by atoms with Crippen molar-refractivity contribution in [2.24, 2.45) is 0 Å². The van der Waals surface area contributed by atoms with Crippen LogP contribution in [0.3, 0.4) is 0 Å². The summed E-state index contributed by atoms with van der Waals surface area (Å²) in [6.45, 7) is 3.46. The Morgan fingerprint density at radius 1 is 0.976 bits per heavy atom. The molecule has 0 aromatic heterocycles. The zero-order valence-corrected chi connectivity index (χ0v) is 23.9. The quantitative estimate of drug-likeness (QED) is 0.345. The molecule has 2 atom stereocenters. The van der Waals surface area contributed by atoms with E-state index in [-0.39, 0.29) is 60.3 Å². The molecule has 10 heteroatoms. The van der Waals surface area contributed by atoms with Crippen LogP contribution in [0.25, 0.3) is 0 Å². The summed E-state index contributed by atoms with van der Waals surface area (Å²) in [6.07, 6.45) is 0.784. The molecule has 0 radical (unpaired) electrons. The Bertz CT molecular complexity index is 1510. The molecule has 0 aliphatic carbocycles. The van der Waals surface area contributed by atoms with Gasteiger partial charge in [-0.1, -0.05) is 67.6 Å². The van der Waals surface area contributed by atoms with Crippen LogP contribution in [0.15, 0.2) is 83.8 Å². The monoisotopic (exact) mass is 579 g/mol. The average Bonchev–Trinajstić information content (AvgIpc) is 3.16. The van der Waals surface area contributed by atoms with Crippen molar-refractivity contribution in [3.05, 3.63) is 101 Å². The second-order valence-corrected chi connectivity index (χ2v) is 11.9. The SMILES string of the molecule is CC[C@H](C)NC(=O)[C@@H](Cc1ccccc1)N(Cc1ccccc1F)C(=O)CCCN1C(=O)c2ccccc2S1(=O)=O. The molecule has 4 rings (SSSR count). The summed E-state index contributed by atoms with van der Waals surface area (Å²) in [5.41, 5.74) is 1.18. The average molecular weight is 580 g/mol. The molecule has 1 aliphatic heterocycles. The summed E-state index contributed by atoms with van der Waals surface area (Å²) in [5.74, 6) is -1.94. The van der Waals surface area contributed by atoms with Crippen LogP contribution in [-0.4, -0.2) is 54.0 Å². The number of sulfonamides is 1. The van der Waals surface area contributed by atoms with Crippen molar-refractivity contribution in [3.63, 3.8) is 0 Å². The molecular weight excluding hydrogens is 545 g/mol. The summed E-state index contributed by atoms with van der Waals surface area (Å²) >= 11 is 0. The van der Waals surface area contributed by atoms with Gasteiger partial charge in [-0.3, -0.25) is 14.4 Å². The number of nitrogens with one attached hydrogen (secondary N) is 1. The second-order valence-electron chi connectivity index (χ2n) is 10.1. The van der Waals surface area contributed by atoms with Crippen LogP contribution in [0, 0.1) is 5.82 Å². The van der Waals surface area contributed by atoms with Gasteiger partial charge in [-0.25, -0.2) is 17.1 Å². The number of fused-ring (bicyclic) bond motifs is 1. The predicted octanol–water partition coefficient (Wildman–Crippen LogP) is 4.31. The summed E-state index contributed by atoms with van der Waals surface area (Å²) in [7, 11) is -4.01. The van der Waals surface area contributed by atoms with Crippen molar-refractivity contribution in [1.82, 2.24) is 14.5 Å². The summed E-state index contributed by atoms with van der Waals surface area (Å²) in [4.78, 5) is 41.4. The van der Waals surface area contributed by atoms with E-state index in [9.17, 15) is 27.2 Å². The second kappa shape index (κ2) is 13.1. The van der Waals surface area contributed by atoms with Gasteiger partial charge in [-0.2, -0.15) is 0 Å². The molecular formula is C31H34FN3O5S. The third-order valence-electron chi connectivity index (χ3n) is 7.23. The number of rotatable bonds is 12. The minimum absolute atomic E-state index is 0.0383. The molecule has 0 saturated carbocycles. The molecule has 0 bridgehead atoms. The molecule has 3 amide bonds. The fraction of sp³-hybridized carbons (Fsp3) is 0.323. The van der Waals surface area contributed by atoms with Gasteiger partial charge in [-0.05, 0) is 43.5 Å². The van der Waals surface area contributed by atoms with Crippen molar-refractivity contribution in [3.8, 4) is 0 Å². The van der Waals surface area contributed by atoms with E-state index in [4.69, 9.17) is 0 Å². The van der Waals surface area contributed by atoms with Crippen molar-refractivity contribution in [1.29, 1.82) is 0 Å². The van der Waals surface area contributed by atoms with Crippen LogP contribution < -0.4 is 5.32 Å². The van der Waals surface area contributed by atoms with Crippen LogP contribution in [-0.2, 0) is 32.6 Å². The molecule has 41 heavy (non-hydrogen) atoms. The molecule has 3 aromatic carbocycles. The normalized spacial score (nSPS) is 15.2. The lowest BCUT2D eigenvalue weighted by molar-refractivity contribution is -0.141. The minimum atomic E-state index is -4.01. The molecule has 1 heterocycles. The Labute approximate surface area is 240 Å². The van der Waals surface area contributed by atoms with Crippen LogP contribution in [0.2, 0.25) is 0 Å². The highest BCUT2D eigenvalue weighted by Gasteiger charge is 2.40. The van der Waals surface area contributed by atoms with Crippen molar-refractivity contribution in [2.45, 2.75) is 63.1 Å². The molecule has 1 N–H and O–H groups in total. The third kappa shape index (κ3) is 6.82. The molecule has 0 fully saturated rings. The Morgan fingerprint density at radius 3 is 2.32 bits per heavy atom. The molecule has 3 aromatic rings. The number of amides is 3. The van der Waals surface area contributed by atoms with Crippen molar-refractivity contribution in [2.75, 3.05) is 6.54 Å². The van der Waals surface area contributed by atoms with E-state index < -0.39 is 33.7 Å². The molecule has 216 valence electrons. The summed E-state index contributed by atoms with van der Waals surface area (Å²) in [5, 5.41) is 2.95. The first kappa shape index (κ1) is 29.9. The number of carbonyl (C=O) groups is 3. The van der Waals surface area contributed by atoms with E-state index in [0.717, 1.165) is 9.87 Å². The topological polar surface area (TPSA) is 104 Å². The number of hydrogen-bond donors (Lipinski definition) is 1. The maximum atomic E-state index is 14.7. The first-order valence-electron chi connectivity index (χ1n) is 13.7. The van der Waals surface area contributed by atoms with Gasteiger partial charge < -0.3 is 10.2 Å². The van der Waals surface area contributed by atoms with Crippen LogP contribution in [0.5, 0.6) is 0 Å². The molecule has 8 nitrogen and oxygen atoms in total. The Balaban J connectivity index is 1.58. The summed E-state index contributed by atoms with van der Waals surface area (Å²) < 4.78 is 41.4. The maximum absolute atomic E-state index is 14.7. The van der Waals surface area contributed by atoms with Gasteiger partial charge in [0, 0.05) is 37.5 Å². The van der Waals surface area contributed by atoms with E-state index in [1.165, 1.54) is 23.1 Å². The highest BCUT2D eigenvalue weighted by atomic mass is 32.2. The van der Waals surface area contributed by atoms with E-state index in [2.05, 4.69) is 5.32 Å². The number of halogens is 1. The van der Waals surface area contributed by atoms with Gasteiger partial charge in [0.15, 0.2) is 0 Å². The minimum Gasteiger partial charge on any atom is -0.352 e. The Morgan fingerprint density at radius 2 is 1.63 bits per heavy atom. The Kier molecular flexibility index (Phi) is 9.54. The Hall–Kier alpha value is -4.05. The lowest BCUT2D eigenvalue weighted by Crippen LogP contribution is -2.52. The van der Waals surface area contributed by atoms with E-state index >= 15 is 0 Å². The first-order valence-corrected chi connectivity index (χ1v) is 15.1. The fourth-order valence-corrected chi connectivity index (χ4v) is 6.38. The number of carbonyl (C=O) groups excluding carboxylic acids is 3. The van der Waals surface area contributed by atoms with Gasteiger partial charge in [0.25, 0.3) is 15.9 Å². The van der Waals surface area contributed by atoms with Crippen molar-refractivity contribution < 1.29 is 27.2 Å². The maximum Gasteiger partial charge on any atom is 0.269 e. The first-order chi connectivity index (χ1) is 19.6. The number of nitrogens with zero attached hydrogens (tertiary/aromatic N) is 2. The zero-order chi connectivity index (χ0) is 29.6. The molecule has 0 spiro atoms. The molecule has 0 unspecified atom stereocenters. The highest BCUT2D eigenvalue weighted by molar-refractivity contribution is 7.90. The van der Waals surface area contributed by atoms with Crippen LogP contribution >= 0.6 is 0 Å². The highest BCUT2D eigenvalue weighted by Crippen LogP contribution is 2.30. The third-order valence-corrected chi connectivity index (χ3v) is 9.08. The van der Waals surface area contributed by atoms with E-state index in [0.29, 0.717) is 6.42 Å². The molecule has 0 saturated heterocycles. The smallest absolute Gasteiger partial charge is 0.269 e. The number of benzene rings is 3. The number of hydrogen-bond acceptors (Lipinski definition) is 5.